The van der Waals surface area contributed by atoms with Gasteiger partial charge in [-0.3, -0.25) is 0 Å². The SMILES string of the molecule is [2H]c1c([2H])c([2H])c(-c2cccc([Si](c3ccccc3)(c3ccccc3)c3ccc(-c4ccc5c(c4)N(c4ccc(C(C)(C)C)cc4-c4ccccc4)c4cc(-n6c7ccc(C(C)(C)C)cc7c7cc(C(C)(C)C)ccc76)cc6c4B5c4ccc([Si](c5ccccc5)(c5ccccc5)c5cccc(-c7ccccc7)c5)cc4O6)cc3)c2)c([2H])c1[2H]. The van der Waals surface area contributed by atoms with Crippen molar-refractivity contribution in [3.05, 3.63) is 405 Å². The van der Waals surface area contributed by atoms with Gasteiger partial charge in [0.15, 0.2) is 16.1 Å². The average molecular weight is 1500 g/mol. The van der Waals surface area contributed by atoms with Crippen LogP contribution in [0.3, 0.4) is 0 Å². The van der Waals surface area contributed by atoms with Gasteiger partial charge in [-0.2, -0.15) is 0 Å². The summed E-state index contributed by atoms with van der Waals surface area (Å²) in [6.07, 6.45) is 0. The van der Waals surface area contributed by atoms with E-state index >= 15 is 0 Å². The predicted octanol–water partition coefficient (Wildman–Crippen LogP) is 20.5. The zero-order valence-electron chi connectivity index (χ0n) is 70.9. The second kappa shape index (κ2) is 28.3. The average Bonchev–Trinajstić information content (AvgIpc) is 1.70. The van der Waals surface area contributed by atoms with Gasteiger partial charge < -0.3 is 14.2 Å². The number of hydrogen-bond donors (Lipinski definition) is 0. The molecule has 6 heteroatoms. The summed E-state index contributed by atoms with van der Waals surface area (Å²) in [7, 11) is -6.58. The van der Waals surface area contributed by atoms with Crippen molar-refractivity contribution in [2.24, 2.45) is 0 Å². The molecule has 0 N–H and O–H groups in total. The minimum atomic E-state index is -3.33. The molecule has 0 unspecified atom stereocenters. The lowest BCUT2D eigenvalue weighted by molar-refractivity contribution is 0.487. The van der Waals surface area contributed by atoms with E-state index in [-0.39, 0.29) is 52.7 Å². The number of ether oxygens (including phenoxy) is 1. The highest BCUT2D eigenvalue weighted by molar-refractivity contribution is 7.20. The molecule has 0 saturated carbocycles. The Morgan fingerprint density at radius 1 is 0.289 bits per heavy atom. The monoisotopic (exact) mass is 1500 g/mol. The highest BCUT2D eigenvalue weighted by Gasteiger charge is 2.48. The van der Waals surface area contributed by atoms with Crippen LogP contribution in [-0.2, 0) is 16.2 Å². The molecule has 0 amide bonds. The van der Waals surface area contributed by atoms with Gasteiger partial charge in [0.2, 0.25) is 0 Å². The van der Waals surface area contributed by atoms with Gasteiger partial charge in [0, 0.05) is 33.8 Å². The Morgan fingerprint density at radius 3 is 1.22 bits per heavy atom. The summed E-state index contributed by atoms with van der Waals surface area (Å²) in [6, 6.07) is 131. The van der Waals surface area contributed by atoms with E-state index in [2.05, 4.69) is 418 Å². The zero-order chi connectivity index (χ0) is 82.0. The van der Waals surface area contributed by atoms with Crippen molar-refractivity contribution >= 4 is 120 Å². The summed E-state index contributed by atoms with van der Waals surface area (Å²) in [5.41, 5.74) is 20.4. The highest BCUT2D eigenvalue weighted by Crippen LogP contribution is 2.49. The Hall–Kier alpha value is -12.6. The van der Waals surface area contributed by atoms with Crippen molar-refractivity contribution in [1.82, 2.24) is 4.57 Å². The van der Waals surface area contributed by atoms with Gasteiger partial charge in [0.25, 0.3) is 6.71 Å². The Labute approximate surface area is 681 Å². The molecule has 3 heterocycles. The number of aromatic nitrogens is 1. The van der Waals surface area contributed by atoms with Crippen LogP contribution in [0.5, 0.6) is 11.5 Å². The summed E-state index contributed by atoms with van der Waals surface area (Å²) < 4.78 is 55.0. The van der Waals surface area contributed by atoms with E-state index < -0.39 is 22.2 Å². The first-order chi connectivity index (χ1) is 57.5. The van der Waals surface area contributed by atoms with Gasteiger partial charge in [-0.25, -0.2) is 0 Å². The van der Waals surface area contributed by atoms with Gasteiger partial charge in [-0.1, -0.05) is 390 Å². The second-order valence-corrected chi connectivity index (χ2v) is 41.6. The molecule has 2 aliphatic rings. The van der Waals surface area contributed by atoms with E-state index in [9.17, 15) is 2.74 Å². The molecule has 0 radical (unpaired) electrons. The Kier molecular flexibility index (Phi) is 16.4. The fourth-order valence-corrected chi connectivity index (χ4v) is 27.9. The molecule has 19 rings (SSSR count). The summed E-state index contributed by atoms with van der Waals surface area (Å²) >= 11 is 0. The lowest BCUT2D eigenvalue weighted by atomic mass is 9.34. The largest absolute Gasteiger partial charge is 0.458 e. The van der Waals surface area contributed by atoms with E-state index in [4.69, 9.17) is 8.85 Å². The van der Waals surface area contributed by atoms with Gasteiger partial charge in [-0.15, -0.1) is 0 Å². The van der Waals surface area contributed by atoms with E-state index in [0.717, 1.165) is 105 Å². The van der Waals surface area contributed by atoms with E-state index in [0.29, 0.717) is 5.56 Å². The minimum absolute atomic E-state index is 0.110. The fourth-order valence-electron chi connectivity index (χ4n) is 18.3. The van der Waals surface area contributed by atoms with Crippen LogP contribution in [0.2, 0.25) is 0 Å². The van der Waals surface area contributed by atoms with E-state index in [1.807, 2.05) is 12.1 Å². The first-order valence-corrected chi connectivity index (χ1v) is 43.9. The number of rotatable bonds is 14. The fraction of sp³-hybridized carbons (Fsp3) is 0.111. The van der Waals surface area contributed by atoms with E-state index in [1.165, 1.54) is 59.3 Å². The van der Waals surface area contributed by atoms with Crippen LogP contribution < -0.4 is 67.5 Å². The topological polar surface area (TPSA) is 17.4 Å². The van der Waals surface area contributed by atoms with Gasteiger partial charge in [0.05, 0.1) is 29.3 Å². The standard InChI is InChI=1S/C108H91BN2OSi2/c1-106(2,3)81-54-62-98(93(68-81)77-37-21-12-22-38-77)111-101-67-80(76-51-57-89(58-52-76)113(85-41-23-13-24-42-85,86-43-25-14-26-44-86)90-49-31-39-78(65-90)74-33-17-10-18-34-74)53-60-96(101)109-97-61-59-92(114(87-45-27-15-28-46-87,88-47-29-16-30-48-88)91-50-32-40-79(66-91)75-35-19-11-20-36-75)73-103(97)112-104-72-84(71-102(111)105(104)109)110-99-63-55-82(107(4,5)6)69-94(99)95-70-83(108(7,8)9)56-64-100(95)110/h10-73H,1-9H3/i10D,17D,18D,33D,34D. The van der Waals surface area contributed by atoms with Crippen LogP contribution in [0.4, 0.5) is 17.1 Å². The molecule has 550 valence electrons. The minimum Gasteiger partial charge on any atom is -0.458 e. The van der Waals surface area contributed by atoms with Crippen molar-refractivity contribution in [2.75, 3.05) is 4.90 Å². The molecular weight excluding hydrogens is 1410 g/mol. The molecule has 0 bridgehead atoms. The zero-order valence-corrected chi connectivity index (χ0v) is 67.9. The summed E-state index contributed by atoms with van der Waals surface area (Å²) in [5, 5.41) is 11.9. The molecule has 16 aromatic carbocycles. The predicted molar refractivity (Wildman–Crippen MR) is 492 cm³/mol. The van der Waals surface area contributed by atoms with Crippen LogP contribution in [-0.4, -0.2) is 27.4 Å². The maximum Gasteiger partial charge on any atom is 0.256 e. The third-order valence-corrected chi connectivity index (χ3v) is 33.6. The van der Waals surface area contributed by atoms with Crippen LogP contribution in [0, 0.1) is 0 Å². The lowest BCUT2D eigenvalue weighted by Gasteiger charge is -2.42. The van der Waals surface area contributed by atoms with Crippen molar-refractivity contribution in [3.8, 4) is 61.7 Å². The molecule has 0 saturated heterocycles. The molecule has 0 atom stereocenters. The van der Waals surface area contributed by atoms with E-state index in [1.54, 1.807) is 0 Å². The third-order valence-electron chi connectivity index (χ3n) is 24.1. The Balaban J connectivity index is 0.882. The van der Waals surface area contributed by atoms with Crippen molar-refractivity contribution in [3.63, 3.8) is 0 Å². The quantitative estimate of drug-likeness (QED) is 0.0797. The maximum absolute atomic E-state index is 9.20. The second-order valence-electron chi connectivity index (χ2n) is 34.0. The first-order valence-electron chi connectivity index (χ1n) is 42.4. The van der Waals surface area contributed by atoms with Crippen LogP contribution in [0.15, 0.2) is 388 Å². The van der Waals surface area contributed by atoms with Crippen molar-refractivity contribution in [1.29, 1.82) is 0 Å². The first kappa shape index (κ1) is 66.1. The Morgan fingerprint density at radius 2 is 0.693 bits per heavy atom. The summed E-state index contributed by atoms with van der Waals surface area (Å²) in [5.74, 6) is 1.61. The van der Waals surface area contributed by atoms with Crippen LogP contribution >= 0.6 is 0 Å². The highest BCUT2D eigenvalue weighted by atomic mass is 28.3. The summed E-state index contributed by atoms with van der Waals surface area (Å²) in [4.78, 5) is 2.57. The number of fused-ring (bicyclic) bond motifs is 7. The van der Waals surface area contributed by atoms with Gasteiger partial charge >= 0.3 is 0 Å². The third kappa shape index (κ3) is 12.2. The molecule has 0 fully saturated rings. The molecule has 0 aliphatic carbocycles. The van der Waals surface area contributed by atoms with Crippen LogP contribution in [0.1, 0.15) is 85.9 Å². The molecule has 0 spiro atoms. The molecule has 1 aromatic heterocycles. The molecule has 17 aromatic rings. The smallest absolute Gasteiger partial charge is 0.256 e. The van der Waals surface area contributed by atoms with Gasteiger partial charge in [-0.05, 0) is 184 Å². The molecule has 3 nitrogen and oxygen atoms in total. The number of benzene rings is 16. The maximum atomic E-state index is 9.20. The van der Waals surface area contributed by atoms with Crippen molar-refractivity contribution in [2.45, 2.75) is 78.6 Å². The molecular formula is C108H91BN2OSi2. The molecule has 2 aliphatic heterocycles. The van der Waals surface area contributed by atoms with Crippen LogP contribution in [0.25, 0.3) is 72.0 Å². The van der Waals surface area contributed by atoms with Gasteiger partial charge in [0.1, 0.15) is 11.5 Å². The van der Waals surface area contributed by atoms with Crippen molar-refractivity contribution < 1.29 is 11.6 Å². The molecule has 114 heavy (non-hydrogen) atoms. The number of anilines is 3. The number of nitrogens with zero attached hydrogens (tertiary/aromatic N) is 2. The lowest BCUT2D eigenvalue weighted by Crippen LogP contribution is -2.75. The summed E-state index contributed by atoms with van der Waals surface area (Å²) in [6.45, 7) is 20.5. The Bertz CT molecular complexity index is 6640. The normalized spacial score (nSPS) is 13.4. The number of hydrogen-bond acceptors (Lipinski definition) is 2.